The quantitative estimate of drug-likeness (QED) is 0.206. The van der Waals surface area contributed by atoms with E-state index in [-0.39, 0.29) is 24.8 Å². The van der Waals surface area contributed by atoms with Crippen LogP contribution in [0.4, 0.5) is 4.79 Å². The molecule has 0 aromatic carbocycles. The van der Waals surface area contributed by atoms with Gasteiger partial charge in [0, 0.05) is 19.4 Å². The number of carbonyl (C=O) groups excluding carboxylic acids is 4. The molecule has 0 saturated carbocycles. The minimum absolute atomic E-state index is 0.0353. The Kier molecular flexibility index (Phi) is 16.0. The molecular weight excluding hydrogens is 416 g/mol. The molecule has 0 aliphatic carbocycles. The normalized spacial score (nSPS) is 11.9. The number of methoxy groups -OCH3 is 2. The molecule has 9 heteroatoms. The van der Waals surface area contributed by atoms with Crippen LogP contribution in [0.25, 0.3) is 0 Å². The Balaban J connectivity index is 3.74. The average Bonchev–Trinajstić information content (AvgIpc) is 2.72. The maximum absolute atomic E-state index is 12.1. The van der Waals surface area contributed by atoms with Crippen LogP contribution >= 0.6 is 0 Å². The molecule has 32 heavy (non-hydrogen) atoms. The third-order valence-corrected chi connectivity index (χ3v) is 4.68. The molecule has 0 spiro atoms. The zero-order valence-electron chi connectivity index (χ0n) is 20.4. The summed E-state index contributed by atoms with van der Waals surface area (Å²) < 4.78 is 14.4. The Morgan fingerprint density at radius 2 is 1.34 bits per heavy atom. The van der Waals surface area contributed by atoms with E-state index in [0.29, 0.717) is 13.0 Å². The monoisotopic (exact) mass is 458 g/mol. The number of hydrogen-bond acceptors (Lipinski definition) is 7. The maximum Gasteiger partial charge on any atom is 0.407 e. The van der Waals surface area contributed by atoms with Crippen molar-refractivity contribution in [2.24, 2.45) is 0 Å². The van der Waals surface area contributed by atoms with E-state index in [0.717, 1.165) is 51.4 Å². The van der Waals surface area contributed by atoms with Crippen molar-refractivity contribution >= 4 is 23.9 Å². The van der Waals surface area contributed by atoms with E-state index in [9.17, 15) is 19.2 Å². The first-order chi connectivity index (χ1) is 15.1. The van der Waals surface area contributed by atoms with Crippen molar-refractivity contribution in [3.8, 4) is 0 Å². The van der Waals surface area contributed by atoms with Crippen molar-refractivity contribution in [3.05, 3.63) is 0 Å². The molecule has 1 atom stereocenters. The minimum Gasteiger partial charge on any atom is -0.469 e. The summed E-state index contributed by atoms with van der Waals surface area (Å²) in [6.07, 6.45) is 8.20. The summed E-state index contributed by atoms with van der Waals surface area (Å²) in [4.78, 5) is 46.6. The molecule has 0 aromatic heterocycles. The van der Waals surface area contributed by atoms with Crippen LogP contribution in [-0.2, 0) is 28.6 Å². The molecule has 0 bridgehead atoms. The van der Waals surface area contributed by atoms with E-state index in [1.165, 1.54) is 14.2 Å². The second-order valence-corrected chi connectivity index (χ2v) is 8.77. The first kappa shape index (κ1) is 29.7. The lowest BCUT2D eigenvalue weighted by molar-refractivity contribution is -0.146. The summed E-state index contributed by atoms with van der Waals surface area (Å²) in [7, 11) is 2.52. The van der Waals surface area contributed by atoms with Crippen molar-refractivity contribution in [3.63, 3.8) is 0 Å². The minimum atomic E-state index is -0.837. The number of ether oxygens (including phenoxy) is 3. The highest BCUT2D eigenvalue weighted by Crippen LogP contribution is 2.11. The standard InChI is InChI=1S/C23H42N2O7/c1-23(2,3)32-22(29)24-17-13-11-9-7-6-8-10-12-14-19(26)25-18(21(28)31-5)15-16-20(27)30-4/h18H,6-17H2,1-5H3,(H,24,29)(H,25,26)/t18-/m0/s1. The Labute approximate surface area is 192 Å². The number of esters is 2. The van der Waals surface area contributed by atoms with Gasteiger partial charge in [-0.15, -0.1) is 0 Å². The zero-order valence-corrected chi connectivity index (χ0v) is 20.4. The molecule has 0 aliphatic heterocycles. The Morgan fingerprint density at radius 3 is 1.88 bits per heavy atom. The van der Waals surface area contributed by atoms with E-state index < -0.39 is 23.6 Å². The van der Waals surface area contributed by atoms with E-state index in [1.54, 1.807) is 0 Å². The summed E-state index contributed by atoms with van der Waals surface area (Å²) in [6, 6.07) is -0.837. The lowest BCUT2D eigenvalue weighted by atomic mass is 10.1. The Morgan fingerprint density at radius 1 is 0.781 bits per heavy atom. The molecule has 0 saturated heterocycles. The van der Waals surface area contributed by atoms with Gasteiger partial charge >= 0.3 is 18.0 Å². The van der Waals surface area contributed by atoms with Crippen LogP contribution in [0.15, 0.2) is 0 Å². The number of hydrogen-bond donors (Lipinski definition) is 2. The van der Waals surface area contributed by atoms with Crippen molar-refractivity contribution in [1.82, 2.24) is 10.6 Å². The first-order valence-corrected chi connectivity index (χ1v) is 11.5. The van der Waals surface area contributed by atoms with Crippen LogP contribution in [0, 0.1) is 0 Å². The molecule has 0 fully saturated rings. The Hall–Kier alpha value is -2.32. The molecule has 186 valence electrons. The van der Waals surface area contributed by atoms with Crippen LogP contribution in [0.1, 0.15) is 91.4 Å². The molecule has 2 amide bonds. The number of rotatable bonds is 16. The lowest BCUT2D eigenvalue weighted by Crippen LogP contribution is -2.41. The van der Waals surface area contributed by atoms with Gasteiger partial charge in [0.05, 0.1) is 14.2 Å². The fourth-order valence-electron chi connectivity index (χ4n) is 3.00. The van der Waals surface area contributed by atoms with Gasteiger partial charge in [-0.3, -0.25) is 9.59 Å². The van der Waals surface area contributed by atoms with Gasteiger partial charge in [0.15, 0.2) is 0 Å². The molecule has 2 N–H and O–H groups in total. The van der Waals surface area contributed by atoms with E-state index in [2.05, 4.69) is 20.1 Å². The van der Waals surface area contributed by atoms with E-state index in [4.69, 9.17) is 4.74 Å². The zero-order chi connectivity index (χ0) is 24.4. The smallest absolute Gasteiger partial charge is 0.407 e. The molecule has 0 aromatic rings. The second-order valence-electron chi connectivity index (χ2n) is 8.77. The van der Waals surface area contributed by atoms with Gasteiger partial charge in [0.25, 0.3) is 0 Å². The highest BCUT2D eigenvalue weighted by atomic mass is 16.6. The molecule has 0 aliphatic rings. The summed E-state index contributed by atoms with van der Waals surface area (Å²) in [5, 5.41) is 5.40. The van der Waals surface area contributed by atoms with E-state index in [1.807, 2.05) is 20.8 Å². The number of unbranched alkanes of at least 4 members (excludes halogenated alkanes) is 7. The lowest BCUT2D eigenvalue weighted by Gasteiger charge is -2.19. The topological polar surface area (TPSA) is 120 Å². The largest absolute Gasteiger partial charge is 0.469 e. The van der Waals surface area contributed by atoms with Crippen molar-refractivity contribution < 1.29 is 33.4 Å². The third-order valence-electron chi connectivity index (χ3n) is 4.68. The number of alkyl carbamates (subject to hydrolysis) is 1. The van der Waals surface area contributed by atoms with Crippen molar-refractivity contribution in [1.29, 1.82) is 0 Å². The van der Waals surface area contributed by atoms with Crippen molar-refractivity contribution in [2.75, 3.05) is 20.8 Å². The highest BCUT2D eigenvalue weighted by molar-refractivity contribution is 5.84. The maximum atomic E-state index is 12.1. The van der Waals surface area contributed by atoms with Gasteiger partial charge in [-0.25, -0.2) is 9.59 Å². The SMILES string of the molecule is COC(=O)CC[C@H](NC(=O)CCCCCCCCCCNC(=O)OC(C)(C)C)C(=O)OC. The fraction of sp³-hybridized carbons (Fsp3) is 0.826. The number of nitrogens with one attached hydrogen (secondary N) is 2. The van der Waals surface area contributed by atoms with Gasteiger partial charge in [-0.1, -0.05) is 38.5 Å². The van der Waals surface area contributed by atoms with Crippen molar-refractivity contribution in [2.45, 2.75) is 103 Å². The molecule has 0 heterocycles. The van der Waals surface area contributed by atoms with Crippen LogP contribution in [-0.4, -0.2) is 56.3 Å². The molecule has 0 unspecified atom stereocenters. The number of carbonyl (C=O) groups is 4. The highest BCUT2D eigenvalue weighted by Gasteiger charge is 2.22. The van der Waals surface area contributed by atoms with Gasteiger partial charge in [-0.05, 0) is 40.0 Å². The summed E-state index contributed by atoms with van der Waals surface area (Å²) in [5.41, 5.74) is -0.474. The fourth-order valence-corrected chi connectivity index (χ4v) is 3.00. The predicted molar refractivity (Wildman–Crippen MR) is 121 cm³/mol. The molecule has 9 nitrogen and oxygen atoms in total. The van der Waals surface area contributed by atoms with Gasteiger partial charge in [0.2, 0.25) is 5.91 Å². The molecule has 0 radical (unpaired) electrons. The third kappa shape index (κ3) is 17.4. The van der Waals surface area contributed by atoms with Crippen LogP contribution in [0.3, 0.4) is 0 Å². The van der Waals surface area contributed by atoms with E-state index >= 15 is 0 Å². The second kappa shape index (κ2) is 17.3. The van der Waals surface area contributed by atoms with Gasteiger partial charge in [-0.2, -0.15) is 0 Å². The summed E-state index contributed by atoms with van der Waals surface area (Å²) in [5.74, 6) is -1.22. The predicted octanol–water partition coefficient (Wildman–Crippen LogP) is 3.63. The van der Waals surface area contributed by atoms with Crippen LogP contribution < -0.4 is 10.6 Å². The van der Waals surface area contributed by atoms with Crippen LogP contribution in [0.5, 0.6) is 0 Å². The summed E-state index contributed by atoms with van der Waals surface area (Å²) >= 11 is 0. The molecular formula is C23H42N2O7. The molecule has 0 rings (SSSR count). The van der Waals surface area contributed by atoms with Gasteiger partial charge < -0.3 is 24.8 Å². The summed E-state index contributed by atoms with van der Waals surface area (Å²) in [6.45, 7) is 6.14. The average molecular weight is 459 g/mol. The first-order valence-electron chi connectivity index (χ1n) is 11.5. The van der Waals surface area contributed by atoms with Crippen LogP contribution in [0.2, 0.25) is 0 Å². The van der Waals surface area contributed by atoms with Gasteiger partial charge in [0.1, 0.15) is 11.6 Å². The number of amides is 2. The Bertz CT molecular complexity index is 573.